The Hall–Kier alpha value is -1.92. The normalized spacial score (nSPS) is 10.5. The fourth-order valence-corrected chi connectivity index (χ4v) is 1.19. The van der Waals surface area contributed by atoms with Crippen LogP contribution in [0.2, 0.25) is 0 Å². The molecule has 1 aromatic rings. The maximum Gasteiger partial charge on any atom is 0.307 e. The number of anilines is 1. The highest BCUT2D eigenvalue weighted by molar-refractivity contribution is 5.72. The minimum atomic E-state index is -2.80. The van der Waals surface area contributed by atoms with Gasteiger partial charge in [0.25, 0.3) is 6.43 Å². The standard InChI is InChI=1S/C9H10F2N2O3/c1-16-9-5(7(10)11)2-4(3-6(14)15)8(12)13-9/h2,7H,3H2,1H3,(H2,12,13)(H,14,15). The van der Waals surface area contributed by atoms with E-state index in [0.29, 0.717) is 0 Å². The number of aromatic nitrogens is 1. The smallest absolute Gasteiger partial charge is 0.307 e. The first kappa shape index (κ1) is 12.2. The maximum atomic E-state index is 12.6. The lowest BCUT2D eigenvalue weighted by Crippen LogP contribution is -2.08. The molecular formula is C9H10F2N2O3. The lowest BCUT2D eigenvalue weighted by atomic mass is 10.1. The van der Waals surface area contributed by atoms with Crippen LogP contribution in [0.15, 0.2) is 6.07 Å². The topological polar surface area (TPSA) is 85.4 Å². The van der Waals surface area contributed by atoms with Gasteiger partial charge in [-0.05, 0) is 6.07 Å². The number of hydrogen-bond acceptors (Lipinski definition) is 4. The molecule has 0 aromatic carbocycles. The lowest BCUT2D eigenvalue weighted by Gasteiger charge is -2.10. The zero-order chi connectivity index (χ0) is 12.3. The number of nitrogen functional groups attached to an aromatic ring is 1. The molecule has 7 heteroatoms. The van der Waals surface area contributed by atoms with Crippen LogP contribution in [0.5, 0.6) is 5.88 Å². The summed E-state index contributed by atoms with van der Waals surface area (Å²) in [5.41, 5.74) is 5.00. The van der Waals surface area contributed by atoms with E-state index in [-0.39, 0.29) is 17.3 Å². The molecule has 0 fully saturated rings. The van der Waals surface area contributed by atoms with Gasteiger partial charge in [0.2, 0.25) is 5.88 Å². The Kier molecular flexibility index (Phi) is 3.60. The van der Waals surface area contributed by atoms with Crippen molar-refractivity contribution in [3.05, 3.63) is 17.2 Å². The second-order valence-corrected chi connectivity index (χ2v) is 3.00. The van der Waals surface area contributed by atoms with E-state index < -0.39 is 24.4 Å². The van der Waals surface area contributed by atoms with Crippen LogP contribution < -0.4 is 10.5 Å². The van der Waals surface area contributed by atoms with Crippen LogP contribution in [0.25, 0.3) is 0 Å². The number of hydrogen-bond donors (Lipinski definition) is 2. The SMILES string of the molecule is COc1nc(N)c(CC(=O)O)cc1C(F)F. The summed E-state index contributed by atoms with van der Waals surface area (Å²) in [6, 6.07) is 1.000. The molecule has 0 spiro atoms. The van der Waals surface area contributed by atoms with Crippen molar-refractivity contribution < 1.29 is 23.4 Å². The molecule has 0 unspecified atom stereocenters. The van der Waals surface area contributed by atoms with Crippen molar-refractivity contribution in [3.8, 4) is 5.88 Å². The average molecular weight is 232 g/mol. The number of ether oxygens (including phenoxy) is 1. The van der Waals surface area contributed by atoms with Gasteiger partial charge in [0.15, 0.2) is 0 Å². The van der Waals surface area contributed by atoms with Gasteiger partial charge in [0, 0.05) is 5.56 Å². The van der Waals surface area contributed by atoms with Crippen molar-refractivity contribution in [2.24, 2.45) is 0 Å². The number of carbonyl (C=O) groups is 1. The average Bonchev–Trinajstić information content (AvgIpc) is 2.19. The highest BCUT2D eigenvalue weighted by atomic mass is 19.3. The van der Waals surface area contributed by atoms with E-state index in [4.69, 9.17) is 10.8 Å². The Labute approximate surface area is 89.9 Å². The van der Waals surface area contributed by atoms with Crippen LogP contribution in [0.4, 0.5) is 14.6 Å². The summed E-state index contributed by atoms with van der Waals surface area (Å²) in [6.45, 7) is 0. The zero-order valence-corrected chi connectivity index (χ0v) is 8.41. The lowest BCUT2D eigenvalue weighted by molar-refractivity contribution is -0.136. The van der Waals surface area contributed by atoms with Crippen molar-refractivity contribution in [1.29, 1.82) is 0 Å². The number of carboxylic acid groups (broad SMARTS) is 1. The molecule has 0 atom stereocenters. The van der Waals surface area contributed by atoms with Gasteiger partial charge in [-0.3, -0.25) is 4.79 Å². The Morgan fingerprint density at radius 3 is 2.75 bits per heavy atom. The summed E-state index contributed by atoms with van der Waals surface area (Å²) in [6.07, 6.45) is -3.25. The Balaban J connectivity index is 3.21. The Morgan fingerprint density at radius 2 is 2.31 bits per heavy atom. The van der Waals surface area contributed by atoms with Gasteiger partial charge in [-0.1, -0.05) is 0 Å². The number of halogens is 2. The third-order valence-corrected chi connectivity index (χ3v) is 1.90. The van der Waals surface area contributed by atoms with E-state index in [1.165, 1.54) is 7.11 Å². The van der Waals surface area contributed by atoms with E-state index in [1.54, 1.807) is 0 Å². The van der Waals surface area contributed by atoms with Crippen LogP contribution >= 0.6 is 0 Å². The first-order chi connectivity index (χ1) is 7.45. The Bertz CT molecular complexity index is 410. The van der Waals surface area contributed by atoms with Gasteiger partial charge in [-0.15, -0.1) is 0 Å². The first-order valence-electron chi connectivity index (χ1n) is 4.29. The van der Waals surface area contributed by atoms with E-state index in [9.17, 15) is 13.6 Å². The Morgan fingerprint density at radius 1 is 1.69 bits per heavy atom. The maximum absolute atomic E-state index is 12.6. The van der Waals surface area contributed by atoms with Crippen LogP contribution in [0, 0.1) is 0 Å². The number of pyridine rings is 1. The molecule has 0 aliphatic carbocycles. The number of nitrogens with zero attached hydrogens (tertiary/aromatic N) is 1. The largest absolute Gasteiger partial charge is 0.481 e. The van der Waals surface area contributed by atoms with Crippen LogP contribution in [0.1, 0.15) is 17.6 Å². The van der Waals surface area contributed by atoms with Crippen molar-refractivity contribution in [2.75, 3.05) is 12.8 Å². The number of carboxylic acids is 1. The van der Waals surface area contributed by atoms with Gasteiger partial charge in [0.05, 0.1) is 19.1 Å². The van der Waals surface area contributed by atoms with Crippen molar-refractivity contribution in [2.45, 2.75) is 12.8 Å². The molecule has 3 N–H and O–H groups in total. The van der Waals surface area contributed by atoms with Gasteiger partial charge in [-0.25, -0.2) is 8.78 Å². The molecule has 0 aliphatic rings. The summed E-state index contributed by atoms with van der Waals surface area (Å²) in [7, 11) is 1.19. The van der Waals surface area contributed by atoms with E-state index >= 15 is 0 Å². The predicted molar refractivity (Wildman–Crippen MR) is 51.5 cm³/mol. The number of alkyl halides is 2. The molecule has 88 valence electrons. The van der Waals surface area contributed by atoms with E-state index in [1.807, 2.05) is 0 Å². The zero-order valence-electron chi connectivity index (χ0n) is 8.41. The fourth-order valence-electron chi connectivity index (χ4n) is 1.19. The van der Waals surface area contributed by atoms with Gasteiger partial charge in [0.1, 0.15) is 5.82 Å². The summed E-state index contributed by atoms with van der Waals surface area (Å²) in [4.78, 5) is 14.0. The van der Waals surface area contributed by atoms with Gasteiger partial charge >= 0.3 is 5.97 Å². The molecule has 1 rings (SSSR count). The second-order valence-electron chi connectivity index (χ2n) is 3.00. The molecular weight excluding hydrogens is 222 g/mol. The molecule has 1 heterocycles. The quantitative estimate of drug-likeness (QED) is 0.815. The molecule has 0 radical (unpaired) electrons. The fraction of sp³-hybridized carbons (Fsp3) is 0.333. The number of aliphatic carboxylic acids is 1. The highest BCUT2D eigenvalue weighted by Crippen LogP contribution is 2.30. The van der Waals surface area contributed by atoms with E-state index in [2.05, 4.69) is 9.72 Å². The number of nitrogens with two attached hydrogens (primary N) is 1. The summed E-state index contributed by atoms with van der Waals surface area (Å²) in [5.74, 6) is -1.58. The van der Waals surface area contributed by atoms with Crippen LogP contribution in [-0.4, -0.2) is 23.2 Å². The third kappa shape index (κ3) is 2.56. The number of rotatable bonds is 4. The van der Waals surface area contributed by atoms with Gasteiger partial charge < -0.3 is 15.6 Å². The van der Waals surface area contributed by atoms with Crippen molar-refractivity contribution in [1.82, 2.24) is 4.98 Å². The summed E-state index contributed by atoms with van der Waals surface area (Å²) in [5, 5.41) is 8.55. The molecule has 0 aliphatic heterocycles. The molecule has 0 saturated carbocycles. The minimum Gasteiger partial charge on any atom is -0.481 e. The third-order valence-electron chi connectivity index (χ3n) is 1.90. The predicted octanol–water partition coefficient (Wildman–Crippen LogP) is 1.24. The van der Waals surface area contributed by atoms with E-state index in [0.717, 1.165) is 6.07 Å². The molecule has 0 bridgehead atoms. The molecule has 0 saturated heterocycles. The first-order valence-corrected chi connectivity index (χ1v) is 4.29. The monoisotopic (exact) mass is 232 g/mol. The summed E-state index contributed by atoms with van der Waals surface area (Å²) >= 11 is 0. The van der Waals surface area contributed by atoms with Gasteiger partial charge in [-0.2, -0.15) is 4.98 Å². The van der Waals surface area contributed by atoms with Crippen molar-refractivity contribution >= 4 is 11.8 Å². The molecule has 1 aromatic heterocycles. The van der Waals surface area contributed by atoms with Crippen molar-refractivity contribution in [3.63, 3.8) is 0 Å². The second kappa shape index (κ2) is 4.73. The number of methoxy groups -OCH3 is 1. The highest BCUT2D eigenvalue weighted by Gasteiger charge is 2.19. The van der Waals surface area contributed by atoms with Crippen LogP contribution in [0.3, 0.4) is 0 Å². The molecule has 16 heavy (non-hydrogen) atoms. The molecule has 0 amide bonds. The summed E-state index contributed by atoms with van der Waals surface area (Å²) < 4.78 is 29.7. The minimum absolute atomic E-state index is 0.0450. The molecule has 5 nitrogen and oxygen atoms in total. The van der Waals surface area contributed by atoms with Crippen LogP contribution in [-0.2, 0) is 11.2 Å².